The zero-order valence-electron chi connectivity index (χ0n) is 9.79. The first-order chi connectivity index (χ1) is 7.90. The zero-order valence-corrected chi connectivity index (χ0v) is 9.79. The van der Waals surface area contributed by atoms with Crippen LogP contribution in [-0.4, -0.2) is 48.2 Å². The second-order valence-corrected chi connectivity index (χ2v) is 3.91. The van der Waals surface area contributed by atoms with E-state index in [-0.39, 0.29) is 13.0 Å². The fraction of sp³-hybridized carbons (Fsp3) is 0.800. The summed E-state index contributed by atoms with van der Waals surface area (Å²) >= 11 is 0. The van der Waals surface area contributed by atoms with Crippen LogP contribution in [0, 0.1) is 0 Å². The summed E-state index contributed by atoms with van der Waals surface area (Å²) in [4.78, 5) is 21.5. The number of rotatable bonds is 3. The normalized spacial score (nSPS) is 32.9. The minimum Gasteiger partial charge on any atom is -0.463 e. The lowest BCUT2D eigenvalue weighted by molar-refractivity contribution is -0.218. The van der Waals surface area contributed by atoms with Crippen LogP contribution >= 0.6 is 0 Å². The van der Waals surface area contributed by atoms with Gasteiger partial charge in [0.1, 0.15) is 12.7 Å². The van der Waals surface area contributed by atoms with Crippen molar-refractivity contribution in [2.45, 2.75) is 44.8 Å². The number of esters is 2. The molecule has 3 N–H and O–H groups in total. The van der Waals surface area contributed by atoms with Gasteiger partial charge in [-0.25, -0.2) is 0 Å². The average molecular weight is 247 g/mol. The molecule has 0 aromatic carbocycles. The molecule has 1 saturated heterocycles. The molecule has 1 aliphatic heterocycles. The topological polar surface area (TPSA) is 108 Å². The molecule has 0 radical (unpaired) electrons. The van der Waals surface area contributed by atoms with Gasteiger partial charge in [0.2, 0.25) is 0 Å². The second-order valence-electron chi connectivity index (χ2n) is 3.91. The molecule has 98 valence electrons. The van der Waals surface area contributed by atoms with Gasteiger partial charge >= 0.3 is 11.9 Å². The first kappa shape index (κ1) is 13.9. The molecule has 1 fully saturated rings. The summed E-state index contributed by atoms with van der Waals surface area (Å²) < 4.78 is 14.9. The molecule has 17 heavy (non-hydrogen) atoms. The van der Waals surface area contributed by atoms with Crippen LogP contribution < -0.4 is 5.73 Å². The van der Waals surface area contributed by atoms with E-state index in [4.69, 9.17) is 19.9 Å². The highest BCUT2D eigenvalue weighted by Crippen LogP contribution is 2.20. The summed E-state index contributed by atoms with van der Waals surface area (Å²) in [6, 6.07) is -0.799. The van der Waals surface area contributed by atoms with Crippen LogP contribution in [0.1, 0.15) is 20.3 Å². The summed E-state index contributed by atoms with van der Waals surface area (Å²) in [5.74, 6) is -0.923. The number of nitrogens with two attached hydrogens (primary N) is 1. The minimum atomic E-state index is -1.24. The molecule has 1 heterocycles. The molecule has 1 aliphatic rings. The van der Waals surface area contributed by atoms with Gasteiger partial charge in [0, 0.05) is 20.3 Å². The Morgan fingerprint density at radius 3 is 2.59 bits per heavy atom. The molecule has 7 nitrogen and oxygen atoms in total. The van der Waals surface area contributed by atoms with E-state index in [9.17, 15) is 14.7 Å². The lowest BCUT2D eigenvalue weighted by atomic mass is 10.0. The van der Waals surface area contributed by atoms with Gasteiger partial charge in [0.15, 0.2) is 6.29 Å². The van der Waals surface area contributed by atoms with Crippen molar-refractivity contribution in [1.82, 2.24) is 0 Å². The lowest BCUT2D eigenvalue weighted by Crippen LogP contribution is -2.55. The van der Waals surface area contributed by atoms with Crippen LogP contribution in [0.15, 0.2) is 0 Å². The smallest absolute Gasteiger partial charge is 0.302 e. The number of ether oxygens (including phenoxy) is 3. The summed E-state index contributed by atoms with van der Waals surface area (Å²) in [5, 5.41) is 9.52. The Morgan fingerprint density at radius 2 is 2.06 bits per heavy atom. The number of aliphatic hydroxyl groups excluding tert-OH is 1. The van der Waals surface area contributed by atoms with Crippen molar-refractivity contribution in [1.29, 1.82) is 0 Å². The third kappa shape index (κ3) is 4.29. The SMILES string of the molecule is CC(=O)OC[C@@H]1C[C@H](OC(C)=O)[C@@H](N)[C@H](O)O1. The lowest BCUT2D eigenvalue weighted by Gasteiger charge is -2.36. The van der Waals surface area contributed by atoms with E-state index in [1.807, 2.05) is 0 Å². The van der Waals surface area contributed by atoms with Gasteiger partial charge in [-0.3, -0.25) is 9.59 Å². The fourth-order valence-electron chi connectivity index (χ4n) is 1.60. The third-order valence-corrected chi connectivity index (χ3v) is 2.38. The van der Waals surface area contributed by atoms with Crippen LogP contribution in [0.4, 0.5) is 0 Å². The third-order valence-electron chi connectivity index (χ3n) is 2.38. The van der Waals surface area contributed by atoms with Gasteiger partial charge in [0.25, 0.3) is 0 Å². The molecule has 0 aliphatic carbocycles. The Hall–Kier alpha value is -1.18. The van der Waals surface area contributed by atoms with Crippen molar-refractivity contribution in [3.8, 4) is 0 Å². The van der Waals surface area contributed by atoms with E-state index in [1.165, 1.54) is 13.8 Å². The van der Waals surface area contributed by atoms with Crippen molar-refractivity contribution in [3.05, 3.63) is 0 Å². The monoisotopic (exact) mass is 247 g/mol. The van der Waals surface area contributed by atoms with E-state index in [2.05, 4.69) is 0 Å². The van der Waals surface area contributed by atoms with E-state index >= 15 is 0 Å². The number of hydrogen-bond acceptors (Lipinski definition) is 7. The van der Waals surface area contributed by atoms with Gasteiger partial charge in [-0.2, -0.15) is 0 Å². The summed E-state index contributed by atoms with van der Waals surface area (Å²) in [6.07, 6.45) is -2.13. The van der Waals surface area contributed by atoms with Crippen molar-refractivity contribution in [3.63, 3.8) is 0 Å². The maximum atomic E-state index is 10.9. The molecule has 0 saturated carbocycles. The van der Waals surface area contributed by atoms with Crippen LogP contribution in [0.2, 0.25) is 0 Å². The Morgan fingerprint density at radius 1 is 1.41 bits per heavy atom. The molecular weight excluding hydrogens is 230 g/mol. The molecule has 4 atom stereocenters. The fourth-order valence-corrected chi connectivity index (χ4v) is 1.60. The minimum absolute atomic E-state index is 0.00310. The highest BCUT2D eigenvalue weighted by atomic mass is 16.6. The van der Waals surface area contributed by atoms with E-state index in [1.54, 1.807) is 0 Å². The second kappa shape index (κ2) is 5.95. The molecule has 0 bridgehead atoms. The van der Waals surface area contributed by atoms with E-state index in [0.717, 1.165) is 0 Å². The van der Waals surface area contributed by atoms with Crippen molar-refractivity contribution < 1.29 is 28.9 Å². The maximum absolute atomic E-state index is 10.9. The predicted octanol–water partition coefficient (Wildman–Crippen LogP) is -1.08. The van der Waals surface area contributed by atoms with Gasteiger partial charge in [-0.15, -0.1) is 0 Å². The van der Waals surface area contributed by atoms with Crippen LogP contribution in [-0.2, 0) is 23.8 Å². The largest absolute Gasteiger partial charge is 0.463 e. The number of carbonyl (C=O) groups is 2. The Balaban J connectivity index is 2.53. The molecule has 0 amide bonds. The van der Waals surface area contributed by atoms with Gasteiger partial charge in [0.05, 0.1) is 12.1 Å². The number of aliphatic hydroxyl groups is 1. The Kier molecular flexibility index (Phi) is 4.86. The van der Waals surface area contributed by atoms with Crippen molar-refractivity contribution in [2.24, 2.45) is 5.73 Å². The molecule has 1 rings (SSSR count). The highest BCUT2D eigenvalue weighted by molar-refractivity contribution is 5.66. The number of carbonyl (C=O) groups excluding carboxylic acids is 2. The van der Waals surface area contributed by atoms with E-state index < -0.39 is 36.5 Å². The van der Waals surface area contributed by atoms with Gasteiger partial charge in [-0.1, -0.05) is 0 Å². The molecule has 0 unspecified atom stereocenters. The molecular formula is C10H17NO6. The summed E-state index contributed by atoms with van der Waals surface area (Å²) in [6.45, 7) is 2.53. The van der Waals surface area contributed by atoms with Crippen molar-refractivity contribution >= 4 is 11.9 Å². The molecule has 0 spiro atoms. The first-order valence-electron chi connectivity index (χ1n) is 5.30. The Bertz CT molecular complexity index is 295. The quantitative estimate of drug-likeness (QED) is 0.610. The van der Waals surface area contributed by atoms with Crippen LogP contribution in [0.3, 0.4) is 0 Å². The van der Waals surface area contributed by atoms with Crippen LogP contribution in [0.5, 0.6) is 0 Å². The summed E-state index contributed by atoms with van der Waals surface area (Å²) in [5.41, 5.74) is 5.63. The van der Waals surface area contributed by atoms with Gasteiger partial charge < -0.3 is 25.1 Å². The average Bonchev–Trinajstić information content (AvgIpc) is 2.21. The van der Waals surface area contributed by atoms with Crippen molar-refractivity contribution in [2.75, 3.05) is 6.61 Å². The highest BCUT2D eigenvalue weighted by Gasteiger charge is 2.37. The first-order valence-corrected chi connectivity index (χ1v) is 5.30. The Labute approximate surface area is 98.8 Å². The molecule has 7 heteroatoms. The van der Waals surface area contributed by atoms with Crippen LogP contribution in [0.25, 0.3) is 0 Å². The van der Waals surface area contributed by atoms with E-state index in [0.29, 0.717) is 0 Å². The zero-order chi connectivity index (χ0) is 13.0. The number of hydrogen-bond donors (Lipinski definition) is 2. The molecule has 0 aromatic heterocycles. The standard InChI is InChI=1S/C10H17NO6/c1-5(12)15-4-7-3-8(16-6(2)13)9(11)10(14)17-7/h7-10,14H,3-4,11H2,1-2H3/t7-,8-,9+,10+/m0/s1. The molecule has 0 aromatic rings. The van der Waals surface area contributed by atoms with Gasteiger partial charge in [-0.05, 0) is 0 Å². The summed E-state index contributed by atoms with van der Waals surface area (Å²) in [7, 11) is 0. The predicted molar refractivity (Wildman–Crippen MR) is 55.7 cm³/mol. The maximum Gasteiger partial charge on any atom is 0.302 e.